The summed E-state index contributed by atoms with van der Waals surface area (Å²) in [4.78, 5) is 50.7. The molecule has 2 heterocycles. The van der Waals surface area contributed by atoms with Gasteiger partial charge in [-0.3, -0.25) is 19.7 Å². The number of hydrogen-bond acceptors (Lipinski definition) is 4. The van der Waals surface area contributed by atoms with Crippen LogP contribution in [0.25, 0.3) is 0 Å². The molecule has 2 aliphatic rings. The maximum absolute atomic E-state index is 12.8. The number of hydrogen-bond donors (Lipinski definition) is 3. The van der Waals surface area contributed by atoms with E-state index in [1.165, 1.54) is 10.5 Å². The second-order valence-electron chi connectivity index (χ2n) is 9.42. The minimum absolute atomic E-state index is 0.209. The van der Waals surface area contributed by atoms with Gasteiger partial charge in [0, 0.05) is 24.2 Å². The number of amides is 5. The van der Waals surface area contributed by atoms with Crippen LogP contribution < -0.4 is 16.0 Å². The van der Waals surface area contributed by atoms with Crippen LogP contribution in [-0.2, 0) is 28.1 Å². The van der Waals surface area contributed by atoms with Crippen LogP contribution in [0.5, 0.6) is 0 Å². The number of aryl methyl sites for hydroxylation is 1. The van der Waals surface area contributed by atoms with Crippen molar-refractivity contribution < 1.29 is 19.2 Å². The Morgan fingerprint density at radius 3 is 2.53 bits per heavy atom. The zero-order valence-corrected chi connectivity index (χ0v) is 19.7. The molecule has 3 N–H and O–H groups in total. The molecule has 0 bridgehead atoms. The van der Waals surface area contributed by atoms with Crippen LogP contribution in [0.1, 0.15) is 67.1 Å². The molecule has 8 heteroatoms. The SMILES string of the molecule is CCCc1ccc(C(C)(C)NC(=O)Nc2ccc3c(c2)CN(C2CCC(=O)NC2=O)C3=O)cc1. The summed E-state index contributed by atoms with van der Waals surface area (Å²) in [5.41, 5.74) is 3.49. The van der Waals surface area contributed by atoms with Crippen molar-refractivity contribution in [2.75, 3.05) is 5.32 Å². The van der Waals surface area contributed by atoms with Crippen LogP contribution >= 0.6 is 0 Å². The Balaban J connectivity index is 1.41. The third-order valence-electron chi connectivity index (χ3n) is 6.42. The van der Waals surface area contributed by atoms with E-state index in [9.17, 15) is 19.2 Å². The van der Waals surface area contributed by atoms with Crippen molar-refractivity contribution in [2.45, 2.75) is 64.6 Å². The summed E-state index contributed by atoms with van der Waals surface area (Å²) in [6.45, 7) is 6.29. The van der Waals surface area contributed by atoms with E-state index in [-0.39, 0.29) is 30.8 Å². The molecule has 1 unspecified atom stereocenters. The van der Waals surface area contributed by atoms with Gasteiger partial charge in [-0.05, 0) is 61.6 Å². The number of carbonyl (C=O) groups excluding carboxylic acids is 4. The minimum atomic E-state index is -0.665. The second-order valence-corrected chi connectivity index (χ2v) is 9.42. The number of carbonyl (C=O) groups is 4. The lowest BCUT2D eigenvalue weighted by molar-refractivity contribution is -0.136. The molecule has 178 valence electrons. The fourth-order valence-electron chi connectivity index (χ4n) is 4.55. The van der Waals surface area contributed by atoms with E-state index in [0.29, 0.717) is 17.7 Å². The predicted octanol–water partition coefficient (Wildman–Crippen LogP) is 3.46. The van der Waals surface area contributed by atoms with Crippen molar-refractivity contribution >= 4 is 29.4 Å². The van der Waals surface area contributed by atoms with Gasteiger partial charge in [0.25, 0.3) is 5.91 Å². The standard InChI is InChI=1S/C26H30N4O4/c1-4-5-16-6-8-18(9-7-16)26(2,3)29-25(34)27-19-10-11-20-17(14-19)15-30(24(20)33)21-12-13-22(31)28-23(21)32/h6-11,14,21H,4-5,12-13,15H2,1-3H3,(H2,27,29,34)(H,28,31,32). The average molecular weight is 463 g/mol. The van der Waals surface area contributed by atoms with E-state index < -0.39 is 17.5 Å². The summed E-state index contributed by atoms with van der Waals surface area (Å²) in [5, 5.41) is 8.15. The number of imide groups is 1. The monoisotopic (exact) mass is 462 g/mol. The first-order chi connectivity index (χ1) is 16.2. The van der Waals surface area contributed by atoms with Gasteiger partial charge in [-0.25, -0.2) is 4.79 Å². The summed E-state index contributed by atoms with van der Waals surface area (Å²) in [6.07, 6.45) is 2.63. The minimum Gasteiger partial charge on any atom is -0.329 e. The molecule has 2 aliphatic heterocycles. The van der Waals surface area contributed by atoms with Gasteiger partial charge in [-0.2, -0.15) is 0 Å². The van der Waals surface area contributed by atoms with Gasteiger partial charge in [0.1, 0.15) is 6.04 Å². The summed E-state index contributed by atoms with van der Waals surface area (Å²) < 4.78 is 0. The number of benzene rings is 2. The highest BCUT2D eigenvalue weighted by molar-refractivity contribution is 6.05. The van der Waals surface area contributed by atoms with E-state index >= 15 is 0 Å². The molecular weight excluding hydrogens is 432 g/mol. The first-order valence-corrected chi connectivity index (χ1v) is 11.6. The van der Waals surface area contributed by atoms with Crippen molar-refractivity contribution in [2.24, 2.45) is 0 Å². The number of anilines is 1. The van der Waals surface area contributed by atoms with Crippen molar-refractivity contribution in [1.82, 2.24) is 15.5 Å². The Kier molecular flexibility index (Phi) is 6.41. The van der Waals surface area contributed by atoms with Gasteiger partial charge in [-0.1, -0.05) is 37.6 Å². The lowest BCUT2D eigenvalue weighted by Gasteiger charge is -2.29. The van der Waals surface area contributed by atoms with Crippen LogP contribution in [0.2, 0.25) is 0 Å². The molecule has 1 atom stereocenters. The third-order valence-corrected chi connectivity index (χ3v) is 6.42. The fourth-order valence-corrected chi connectivity index (χ4v) is 4.55. The van der Waals surface area contributed by atoms with Crippen LogP contribution in [0, 0.1) is 0 Å². The molecule has 8 nitrogen and oxygen atoms in total. The summed E-state index contributed by atoms with van der Waals surface area (Å²) >= 11 is 0. The Morgan fingerprint density at radius 1 is 1.12 bits per heavy atom. The molecule has 0 aromatic heterocycles. The Bertz CT molecular complexity index is 1140. The molecule has 0 aliphatic carbocycles. The van der Waals surface area contributed by atoms with Crippen molar-refractivity contribution in [3.05, 3.63) is 64.7 Å². The zero-order chi connectivity index (χ0) is 24.5. The summed E-state index contributed by atoms with van der Waals surface area (Å²) in [7, 11) is 0. The predicted molar refractivity (Wildman–Crippen MR) is 128 cm³/mol. The molecule has 2 aromatic rings. The number of nitrogens with one attached hydrogen (secondary N) is 3. The lowest BCUT2D eigenvalue weighted by atomic mass is 9.93. The average Bonchev–Trinajstić information content (AvgIpc) is 3.09. The van der Waals surface area contributed by atoms with Gasteiger partial charge in [0.2, 0.25) is 11.8 Å². The highest BCUT2D eigenvalue weighted by Gasteiger charge is 2.39. The van der Waals surface area contributed by atoms with Gasteiger partial charge < -0.3 is 15.5 Å². The Labute approximate surface area is 199 Å². The van der Waals surface area contributed by atoms with Gasteiger partial charge in [-0.15, -0.1) is 0 Å². The number of urea groups is 1. The van der Waals surface area contributed by atoms with Crippen molar-refractivity contribution in [3.63, 3.8) is 0 Å². The van der Waals surface area contributed by atoms with Crippen molar-refractivity contribution in [1.29, 1.82) is 0 Å². The van der Waals surface area contributed by atoms with E-state index in [2.05, 4.69) is 35.0 Å². The van der Waals surface area contributed by atoms with Crippen LogP contribution in [0.3, 0.4) is 0 Å². The Morgan fingerprint density at radius 2 is 1.85 bits per heavy atom. The number of fused-ring (bicyclic) bond motifs is 1. The fraction of sp³-hybridized carbons (Fsp3) is 0.385. The zero-order valence-electron chi connectivity index (χ0n) is 19.7. The largest absolute Gasteiger partial charge is 0.329 e. The number of piperidine rings is 1. The smallest absolute Gasteiger partial charge is 0.319 e. The van der Waals surface area contributed by atoms with Crippen LogP contribution in [0.4, 0.5) is 10.5 Å². The summed E-state index contributed by atoms with van der Waals surface area (Å²) in [6, 6.07) is 12.3. The van der Waals surface area contributed by atoms with E-state index in [1.54, 1.807) is 18.2 Å². The molecule has 0 radical (unpaired) electrons. The second kappa shape index (κ2) is 9.29. The van der Waals surface area contributed by atoms with E-state index in [1.807, 2.05) is 26.0 Å². The molecule has 2 aromatic carbocycles. The molecule has 0 saturated carbocycles. The number of nitrogens with zero attached hydrogens (tertiary/aromatic N) is 1. The topological polar surface area (TPSA) is 108 Å². The normalized spacial score (nSPS) is 17.9. The highest BCUT2D eigenvalue weighted by Crippen LogP contribution is 2.29. The molecule has 1 fully saturated rings. The lowest BCUT2D eigenvalue weighted by Crippen LogP contribution is -2.52. The van der Waals surface area contributed by atoms with E-state index in [4.69, 9.17) is 0 Å². The summed E-state index contributed by atoms with van der Waals surface area (Å²) in [5.74, 6) is -1.00. The molecule has 0 spiro atoms. The van der Waals surface area contributed by atoms with Crippen LogP contribution in [-0.4, -0.2) is 34.7 Å². The maximum atomic E-state index is 12.8. The first kappa shape index (κ1) is 23.5. The third kappa shape index (κ3) is 4.81. The molecule has 4 rings (SSSR count). The molecule has 1 saturated heterocycles. The highest BCUT2D eigenvalue weighted by atomic mass is 16.2. The van der Waals surface area contributed by atoms with Gasteiger partial charge in [0.15, 0.2) is 0 Å². The van der Waals surface area contributed by atoms with E-state index in [0.717, 1.165) is 24.0 Å². The van der Waals surface area contributed by atoms with Crippen molar-refractivity contribution in [3.8, 4) is 0 Å². The number of rotatable bonds is 6. The van der Waals surface area contributed by atoms with Gasteiger partial charge in [0.05, 0.1) is 5.54 Å². The molecule has 5 amide bonds. The molecular formula is C26H30N4O4. The Hall–Kier alpha value is -3.68. The maximum Gasteiger partial charge on any atom is 0.319 e. The quantitative estimate of drug-likeness (QED) is 0.572. The molecule has 34 heavy (non-hydrogen) atoms. The van der Waals surface area contributed by atoms with Gasteiger partial charge >= 0.3 is 6.03 Å². The first-order valence-electron chi connectivity index (χ1n) is 11.6. The van der Waals surface area contributed by atoms with Crippen LogP contribution in [0.15, 0.2) is 42.5 Å².